The van der Waals surface area contributed by atoms with Crippen LogP contribution in [0.5, 0.6) is 0 Å². The topological polar surface area (TPSA) is 120 Å². The van der Waals surface area contributed by atoms with Gasteiger partial charge in [-0.2, -0.15) is 0 Å². The molecule has 0 unspecified atom stereocenters. The molecule has 40 heavy (non-hydrogen) atoms. The van der Waals surface area contributed by atoms with Crippen molar-refractivity contribution in [1.29, 1.82) is 5.41 Å². The molecule has 4 aromatic rings. The molecule has 0 saturated carbocycles. The number of carbonyl (C=O) groups is 1. The average Bonchev–Trinajstić information content (AvgIpc) is 2.88. The van der Waals surface area contributed by atoms with Crippen LogP contribution in [0.15, 0.2) is 93.9 Å². The fourth-order valence-electron chi connectivity index (χ4n) is 4.09. The Hall–Kier alpha value is -4.21. The molecule has 4 N–H and O–H groups in total. The van der Waals surface area contributed by atoms with Crippen molar-refractivity contribution < 1.29 is 4.79 Å². The molecule has 1 amide bonds. The van der Waals surface area contributed by atoms with Crippen LogP contribution in [0.4, 0.5) is 17.3 Å². The van der Waals surface area contributed by atoms with Crippen LogP contribution in [-0.2, 0) is 0 Å². The van der Waals surface area contributed by atoms with Crippen molar-refractivity contribution in [2.75, 3.05) is 23.3 Å². The number of benzene rings is 3. The highest BCUT2D eigenvalue weighted by Crippen LogP contribution is 2.31. The van der Waals surface area contributed by atoms with Gasteiger partial charge in [-0.05, 0) is 72.6 Å². The van der Waals surface area contributed by atoms with E-state index in [2.05, 4.69) is 20.2 Å². The van der Waals surface area contributed by atoms with E-state index in [1.807, 2.05) is 66.7 Å². The SMILES string of the molecule is CC(=N)CC(N)=Nc1cc(N2CCC2)nc(Sc2ccc(NC(=O)c3ccc(-c4ccccc4)cc3Cl)cc2)n1. The Kier molecular flexibility index (Phi) is 8.42. The van der Waals surface area contributed by atoms with Gasteiger partial charge in [0.2, 0.25) is 0 Å². The Morgan fingerprint density at radius 2 is 1.80 bits per heavy atom. The monoisotopic (exact) mass is 569 g/mol. The van der Waals surface area contributed by atoms with Gasteiger partial charge in [0.25, 0.3) is 5.91 Å². The van der Waals surface area contributed by atoms with Crippen LogP contribution in [0, 0.1) is 5.41 Å². The quantitative estimate of drug-likeness (QED) is 0.115. The smallest absolute Gasteiger partial charge is 0.257 e. The van der Waals surface area contributed by atoms with Gasteiger partial charge in [-0.15, -0.1) is 0 Å². The molecule has 0 bridgehead atoms. The summed E-state index contributed by atoms with van der Waals surface area (Å²) in [7, 11) is 0. The van der Waals surface area contributed by atoms with E-state index in [4.69, 9.17) is 27.7 Å². The molecule has 1 aromatic heterocycles. The summed E-state index contributed by atoms with van der Waals surface area (Å²) < 4.78 is 0. The van der Waals surface area contributed by atoms with E-state index in [9.17, 15) is 4.79 Å². The van der Waals surface area contributed by atoms with Gasteiger partial charge in [0.1, 0.15) is 11.7 Å². The van der Waals surface area contributed by atoms with Gasteiger partial charge in [0.15, 0.2) is 11.0 Å². The van der Waals surface area contributed by atoms with E-state index < -0.39 is 0 Å². The summed E-state index contributed by atoms with van der Waals surface area (Å²) in [4.78, 5) is 29.7. The minimum atomic E-state index is -0.282. The summed E-state index contributed by atoms with van der Waals surface area (Å²) in [6.45, 7) is 3.57. The zero-order chi connectivity index (χ0) is 28.1. The van der Waals surface area contributed by atoms with Crippen molar-refractivity contribution in [3.63, 3.8) is 0 Å². The predicted octanol–water partition coefficient (Wildman–Crippen LogP) is 6.83. The minimum Gasteiger partial charge on any atom is -0.387 e. The number of rotatable bonds is 9. The van der Waals surface area contributed by atoms with Gasteiger partial charge in [-0.1, -0.05) is 48.0 Å². The number of halogens is 1. The molecule has 2 heterocycles. The Morgan fingerprint density at radius 3 is 2.45 bits per heavy atom. The van der Waals surface area contributed by atoms with Gasteiger partial charge in [-0.25, -0.2) is 15.0 Å². The number of nitrogens with two attached hydrogens (primary N) is 1. The highest BCUT2D eigenvalue weighted by atomic mass is 35.5. The highest BCUT2D eigenvalue weighted by molar-refractivity contribution is 7.99. The average molecular weight is 570 g/mol. The second kappa shape index (κ2) is 12.3. The molecule has 1 saturated heterocycles. The number of anilines is 2. The molecular weight excluding hydrogens is 542 g/mol. The Balaban J connectivity index is 1.28. The van der Waals surface area contributed by atoms with E-state index in [1.54, 1.807) is 19.1 Å². The first-order valence-electron chi connectivity index (χ1n) is 12.8. The van der Waals surface area contributed by atoms with Crippen molar-refractivity contribution in [2.24, 2.45) is 10.7 Å². The van der Waals surface area contributed by atoms with Gasteiger partial charge < -0.3 is 21.4 Å². The van der Waals surface area contributed by atoms with Crippen molar-refractivity contribution >= 4 is 58.1 Å². The van der Waals surface area contributed by atoms with Crippen molar-refractivity contribution in [3.8, 4) is 11.1 Å². The second-order valence-electron chi connectivity index (χ2n) is 9.41. The zero-order valence-corrected chi connectivity index (χ0v) is 23.5. The van der Waals surface area contributed by atoms with E-state index >= 15 is 0 Å². The fraction of sp³-hybridized carbons (Fsp3) is 0.167. The lowest BCUT2D eigenvalue weighted by atomic mass is 10.0. The number of nitrogens with one attached hydrogen (secondary N) is 2. The Labute approximate surface area is 242 Å². The third-order valence-corrected chi connectivity index (χ3v) is 7.39. The summed E-state index contributed by atoms with van der Waals surface area (Å²) in [5.74, 6) is 1.33. The number of amides is 1. The first-order valence-corrected chi connectivity index (χ1v) is 14.0. The molecule has 5 rings (SSSR count). The maximum atomic E-state index is 12.9. The molecule has 0 atom stereocenters. The molecule has 1 aliphatic heterocycles. The van der Waals surface area contributed by atoms with Crippen molar-refractivity contribution in [3.05, 3.63) is 89.4 Å². The lowest BCUT2D eigenvalue weighted by Crippen LogP contribution is -2.37. The summed E-state index contributed by atoms with van der Waals surface area (Å²) in [6, 6.07) is 24.6. The van der Waals surface area contributed by atoms with Crippen LogP contribution in [0.3, 0.4) is 0 Å². The van der Waals surface area contributed by atoms with Crippen LogP contribution < -0.4 is 16.0 Å². The van der Waals surface area contributed by atoms with Crippen LogP contribution in [0.2, 0.25) is 5.02 Å². The molecular formula is C30H28ClN7OS. The number of aromatic nitrogens is 2. The van der Waals surface area contributed by atoms with Gasteiger partial charge in [0, 0.05) is 41.9 Å². The molecule has 8 nitrogen and oxygen atoms in total. The van der Waals surface area contributed by atoms with Crippen LogP contribution in [0.25, 0.3) is 11.1 Å². The lowest BCUT2D eigenvalue weighted by molar-refractivity contribution is 0.102. The van der Waals surface area contributed by atoms with Crippen molar-refractivity contribution in [1.82, 2.24) is 9.97 Å². The number of carbonyl (C=O) groups excluding carboxylic acids is 1. The molecule has 10 heteroatoms. The van der Waals surface area contributed by atoms with Crippen LogP contribution in [0.1, 0.15) is 30.1 Å². The minimum absolute atomic E-state index is 0.282. The third kappa shape index (κ3) is 6.86. The molecule has 1 fully saturated rings. The number of aliphatic imine (C=N–C) groups is 1. The van der Waals surface area contributed by atoms with Gasteiger partial charge in [-0.3, -0.25) is 4.79 Å². The number of hydrogen-bond acceptors (Lipinski definition) is 7. The third-order valence-electron chi connectivity index (χ3n) is 6.21. The second-order valence-corrected chi connectivity index (χ2v) is 10.9. The molecule has 1 aliphatic rings. The molecule has 3 aromatic carbocycles. The summed E-state index contributed by atoms with van der Waals surface area (Å²) >= 11 is 7.87. The summed E-state index contributed by atoms with van der Waals surface area (Å²) in [5.41, 5.74) is 9.48. The van der Waals surface area contributed by atoms with E-state index in [1.165, 1.54) is 11.8 Å². The van der Waals surface area contributed by atoms with Crippen molar-refractivity contribution in [2.45, 2.75) is 29.8 Å². The maximum absolute atomic E-state index is 12.9. The standard InChI is InChI=1S/C30H28ClN7OS/c1-19(32)16-26(33)35-27-18-28(38-14-5-15-38)37-30(36-27)40-23-11-9-22(10-12-23)34-29(39)24-13-8-21(17-25(24)31)20-6-3-2-4-7-20/h2-4,6-13,17-18,32H,5,14-16H2,1H3,(H,34,39)(H2,33,35,36,37). The molecule has 0 spiro atoms. The number of nitrogens with zero attached hydrogens (tertiary/aromatic N) is 4. The normalized spacial score (nSPS) is 13.1. The Bertz CT molecular complexity index is 1570. The fourth-order valence-corrected chi connectivity index (χ4v) is 5.12. The van der Waals surface area contributed by atoms with Crippen LogP contribution in [-0.4, -0.2) is 40.5 Å². The number of amidine groups is 1. The van der Waals surface area contributed by atoms with Gasteiger partial charge in [0.05, 0.1) is 10.6 Å². The summed E-state index contributed by atoms with van der Waals surface area (Å²) in [6.07, 6.45) is 1.41. The van der Waals surface area contributed by atoms with E-state index in [-0.39, 0.29) is 5.91 Å². The highest BCUT2D eigenvalue weighted by Gasteiger charge is 2.18. The number of hydrogen-bond donors (Lipinski definition) is 3. The summed E-state index contributed by atoms with van der Waals surface area (Å²) in [5, 5.41) is 11.5. The van der Waals surface area contributed by atoms with E-state index in [0.717, 1.165) is 41.4 Å². The van der Waals surface area contributed by atoms with E-state index in [0.29, 0.717) is 45.2 Å². The molecule has 0 radical (unpaired) electrons. The Morgan fingerprint density at radius 1 is 1.05 bits per heavy atom. The van der Waals surface area contributed by atoms with Gasteiger partial charge >= 0.3 is 0 Å². The molecule has 0 aliphatic carbocycles. The predicted molar refractivity (Wildman–Crippen MR) is 164 cm³/mol. The maximum Gasteiger partial charge on any atom is 0.257 e. The molecule has 202 valence electrons. The largest absolute Gasteiger partial charge is 0.387 e. The first kappa shape index (κ1) is 27.4. The van der Waals surface area contributed by atoms with Crippen LogP contribution >= 0.6 is 23.4 Å². The lowest BCUT2D eigenvalue weighted by Gasteiger charge is -2.32. The zero-order valence-electron chi connectivity index (χ0n) is 21.9. The first-order chi connectivity index (χ1) is 19.3.